The number of halogens is 1. The van der Waals surface area contributed by atoms with E-state index in [1.165, 1.54) is 11.8 Å². The van der Waals surface area contributed by atoms with Crippen LogP contribution in [0, 0.1) is 6.92 Å². The monoisotopic (exact) mass is 438 g/mol. The predicted molar refractivity (Wildman–Crippen MR) is 116 cm³/mol. The van der Waals surface area contributed by atoms with Gasteiger partial charge in [-0.25, -0.2) is 9.48 Å². The van der Waals surface area contributed by atoms with Crippen LogP contribution in [0.2, 0.25) is 5.02 Å². The first kappa shape index (κ1) is 20.6. The van der Waals surface area contributed by atoms with Crippen molar-refractivity contribution < 1.29 is 19.1 Å². The molecule has 0 saturated carbocycles. The van der Waals surface area contributed by atoms with Gasteiger partial charge in [-0.1, -0.05) is 23.7 Å². The number of nitrogens with one attached hydrogen (secondary N) is 2. The van der Waals surface area contributed by atoms with E-state index in [0.29, 0.717) is 27.8 Å². The summed E-state index contributed by atoms with van der Waals surface area (Å²) in [6.45, 7) is 1.83. The van der Waals surface area contributed by atoms with Crippen LogP contribution in [-0.2, 0) is 14.3 Å². The van der Waals surface area contributed by atoms with Crippen LogP contribution < -0.4 is 10.6 Å². The number of carbonyl (C=O) groups is 3. The first-order valence-electron chi connectivity index (χ1n) is 9.51. The van der Waals surface area contributed by atoms with Crippen LogP contribution in [0.1, 0.15) is 28.4 Å². The Kier molecular flexibility index (Phi) is 5.48. The SMILES string of the molecule is COC(=O)c1ccc(NC(=O)[C@H]2CC(=O)Nc3c(C)c(-c4cccc(Cl)c4)nn32)cc1. The minimum atomic E-state index is -0.823. The van der Waals surface area contributed by atoms with Gasteiger partial charge in [0.25, 0.3) is 0 Å². The molecule has 2 heterocycles. The fourth-order valence-corrected chi connectivity index (χ4v) is 3.68. The van der Waals surface area contributed by atoms with Crippen molar-refractivity contribution in [1.82, 2.24) is 9.78 Å². The van der Waals surface area contributed by atoms with Crippen LogP contribution >= 0.6 is 11.6 Å². The smallest absolute Gasteiger partial charge is 0.337 e. The molecule has 0 aliphatic carbocycles. The molecule has 0 spiro atoms. The van der Waals surface area contributed by atoms with Crippen LogP contribution in [0.4, 0.5) is 11.5 Å². The molecular weight excluding hydrogens is 420 g/mol. The van der Waals surface area contributed by atoms with Gasteiger partial charge in [-0.3, -0.25) is 9.59 Å². The minimum Gasteiger partial charge on any atom is -0.465 e. The Morgan fingerprint density at radius 3 is 2.65 bits per heavy atom. The number of hydrogen-bond acceptors (Lipinski definition) is 5. The van der Waals surface area contributed by atoms with Gasteiger partial charge < -0.3 is 15.4 Å². The highest BCUT2D eigenvalue weighted by molar-refractivity contribution is 6.30. The fourth-order valence-electron chi connectivity index (χ4n) is 3.49. The summed E-state index contributed by atoms with van der Waals surface area (Å²) in [6, 6.07) is 12.7. The lowest BCUT2D eigenvalue weighted by Gasteiger charge is -2.24. The Labute approximate surface area is 183 Å². The highest BCUT2D eigenvalue weighted by Crippen LogP contribution is 2.35. The molecule has 1 aliphatic rings. The lowest BCUT2D eigenvalue weighted by molar-refractivity contribution is -0.125. The molecule has 9 heteroatoms. The molecule has 0 radical (unpaired) electrons. The van der Waals surface area contributed by atoms with E-state index < -0.39 is 12.0 Å². The van der Waals surface area contributed by atoms with Gasteiger partial charge in [0.2, 0.25) is 11.8 Å². The number of carbonyl (C=O) groups excluding carboxylic acids is 3. The maximum atomic E-state index is 13.0. The molecule has 2 aromatic carbocycles. The molecule has 2 N–H and O–H groups in total. The lowest BCUT2D eigenvalue weighted by Crippen LogP contribution is -2.35. The van der Waals surface area contributed by atoms with Gasteiger partial charge in [0.15, 0.2) is 0 Å². The van der Waals surface area contributed by atoms with Crippen molar-refractivity contribution in [3.8, 4) is 11.3 Å². The molecule has 0 bridgehead atoms. The summed E-state index contributed by atoms with van der Waals surface area (Å²) in [5, 5.41) is 10.8. The number of anilines is 2. The van der Waals surface area contributed by atoms with Crippen molar-refractivity contribution >= 4 is 40.9 Å². The number of amides is 2. The normalized spacial score (nSPS) is 15.1. The quantitative estimate of drug-likeness (QED) is 0.603. The van der Waals surface area contributed by atoms with Crippen LogP contribution in [-0.4, -0.2) is 34.7 Å². The number of fused-ring (bicyclic) bond motifs is 1. The number of benzene rings is 2. The number of ether oxygens (including phenoxy) is 1. The Balaban J connectivity index is 1.63. The Morgan fingerprint density at radius 2 is 1.97 bits per heavy atom. The summed E-state index contributed by atoms with van der Waals surface area (Å²) < 4.78 is 6.20. The van der Waals surface area contributed by atoms with Crippen molar-refractivity contribution in [2.45, 2.75) is 19.4 Å². The molecule has 1 aromatic heterocycles. The number of hydrogen-bond donors (Lipinski definition) is 2. The third-order valence-corrected chi connectivity index (χ3v) is 5.29. The van der Waals surface area contributed by atoms with Gasteiger partial charge in [0.1, 0.15) is 11.9 Å². The number of esters is 1. The van der Waals surface area contributed by atoms with Gasteiger partial charge >= 0.3 is 5.97 Å². The van der Waals surface area contributed by atoms with E-state index in [-0.39, 0.29) is 18.2 Å². The van der Waals surface area contributed by atoms with Gasteiger partial charge in [0, 0.05) is 21.8 Å². The lowest BCUT2D eigenvalue weighted by atomic mass is 10.1. The summed E-state index contributed by atoms with van der Waals surface area (Å²) in [5.74, 6) is -0.643. The molecule has 8 nitrogen and oxygen atoms in total. The number of rotatable bonds is 4. The second-order valence-corrected chi connectivity index (χ2v) is 7.54. The van der Waals surface area contributed by atoms with E-state index in [0.717, 1.165) is 11.1 Å². The van der Waals surface area contributed by atoms with Gasteiger partial charge in [-0.05, 0) is 43.3 Å². The average Bonchev–Trinajstić information content (AvgIpc) is 3.09. The molecule has 1 aliphatic heterocycles. The number of aromatic nitrogens is 2. The van der Waals surface area contributed by atoms with Crippen molar-refractivity contribution in [2.75, 3.05) is 17.7 Å². The largest absolute Gasteiger partial charge is 0.465 e. The van der Waals surface area contributed by atoms with Crippen LogP contribution in [0.15, 0.2) is 48.5 Å². The van der Waals surface area contributed by atoms with Crippen molar-refractivity contribution in [2.24, 2.45) is 0 Å². The van der Waals surface area contributed by atoms with E-state index in [1.54, 1.807) is 36.4 Å². The molecule has 3 aromatic rings. The summed E-state index contributed by atoms with van der Waals surface area (Å²) >= 11 is 6.11. The van der Waals surface area contributed by atoms with Crippen molar-refractivity contribution in [3.63, 3.8) is 0 Å². The number of methoxy groups -OCH3 is 1. The van der Waals surface area contributed by atoms with Gasteiger partial charge in [-0.15, -0.1) is 0 Å². The Morgan fingerprint density at radius 1 is 1.23 bits per heavy atom. The first-order chi connectivity index (χ1) is 14.9. The molecule has 4 rings (SSSR count). The van der Waals surface area contributed by atoms with Crippen molar-refractivity contribution in [1.29, 1.82) is 0 Å². The van der Waals surface area contributed by atoms with E-state index in [2.05, 4.69) is 20.5 Å². The fraction of sp³-hybridized carbons (Fsp3) is 0.182. The van der Waals surface area contributed by atoms with Gasteiger partial charge in [-0.2, -0.15) is 5.10 Å². The highest BCUT2D eigenvalue weighted by atomic mass is 35.5. The molecule has 31 heavy (non-hydrogen) atoms. The van der Waals surface area contributed by atoms with Gasteiger partial charge in [0.05, 0.1) is 24.8 Å². The standard InChI is InChI=1S/C22H19ClN4O4/c1-12-19(14-4-3-5-15(23)10-14)26-27-17(11-18(28)25-20(12)27)21(29)24-16-8-6-13(7-9-16)22(30)31-2/h3-10,17H,11H2,1-2H3,(H,24,29)(H,25,28)/t17-/m1/s1. The number of nitrogens with zero attached hydrogens (tertiary/aromatic N) is 2. The van der Waals surface area contributed by atoms with E-state index in [1.807, 2.05) is 19.1 Å². The molecule has 2 amide bonds. The second-order valence-electron chi connectivity index (χ2n) is 7.10. The zero-order valence-electron chi connectivity index (χ0n) is 16.8. The molecule has 0 fully saturated rings. The average molecular weight is 439 g/mol. The first-order valence-corrected chi connectivity index (χ1v) is 9.89. The van der Waals surface area contributed by atoms with Crippen molar-refractivity contribution in [3.05, 3.63) is 64.7 Å². The van der Waals surface area contributed by atoms with Crippen LogP contribution in [0.3, 0.4) is 0 Å². The summed E-state index contributed by atoms with van der Waals surface area (Å²) in [6.07, 6.45) is -0.0464. The summed E-state index contributed by atoms with van der Waals surface area (Å²) in [7, 11) is 1.30. The highest BCUT2D eigenvalue weighted by Gasteiger charge is 2.34. The zero-order chi connectivity index (χ0) is 22.1. The Hall–Kier alpha value is -3.65. The van der Waals surface area contributed by atoms with Crippen LogP contribution in [0.25, 0.3) is 11.3 Å². The van der Waals surface area contributed by atoms with E-state index in [9.17, 15) is 14.4 Å². The third kappa shape index (κ3) is 4.02. The predicted octanol–water partition coefficient (Wildman–Crippen LogP) is 3.82. The zero-order valence-corrected chi connectivity index (χ0v) is 17.6. The Bertz CT molecular complexity index is 1190. The molecule has 0 saturated heterocycles. The summed E-state index contributed by atoms with van der Waals surface area (Å²) in [4.78, 5) is 36.9. The molecule has 0 unspecified atom stereocenters. The van der Waals surface area contributed by atoms with E-state index >= 15 is 0 Å². The topological polar surface area (TPSA) is 102 Å². The molecular formula is C22H19ClN4O4. The molecule has 158 valence electrons. The van der Waals surface area contributed by atoms with E-state index in [4.69, 9.17) is 11.6 Å². The third-order valence-electron chi connectivity index (χ3n) is 5.05. The minimum absolute atomic E-state index is 0.0464. The second kappa shape index (κ2) is 8.23. The maximum Gasteiger partial charge on any atom is 0.337 e. The maximum absolute atomic E-state index is 13.0. The summed E-state index contributed by atoms with van der Waals surface area (Å²) in [5.41, 5.74) is 3.03. The molecule has 1 atom stereocenters. The van der Waals surface area contributed by atoms with Crippen LogP contribution in [0.5, 0.6) is 0 Å².